The highest BCUT2D eigenvalue weighted by Crippen LogP contribution is 2.34. The van der Waals surface area contributed by atoms with Gasteiger partial charge in [-0.1, -0.05) is 31.8 Å². The summed E-state index contributed by atoms with van der Waals surface area (Å²) in [7, 11) is 0. The second kappa shape index (κ2) is 9.09. The third-order valence-electron chi connectivity index (χ3n) is 4.85. The summed E-state index contributed by atoms with van der Waals surface area (Å²) in [6, 6.07) is 2.19. The van der Waals surface area contributed by atoms with E-state index >= 15 is 0 Å². The molecule has 0 spiro atoms. The Labute approximate surface area is 140 Å². The molecule has 1 aromatic carbocycles. The van der Waals surface area contributed by atoms with Gasteiger partial charge in [-0.05, 0) is 55.2 Å². The molecule has 134 valence electrons. The van der Waals surface area contributed by atoms with Crippen LogP contribution in [0.5, 0.6) is 5.75 Å². The first kappa shape index (κ1) is 18.8. The average Bonchev–Trinajstić information content (AvgIpc) is 2.55. The Bertz CT molecular complexity index is 513. The lowest BCUT2D eigenvalue weighted by molar-refractivity contribution is -0.0546. The van der Waals surface area contributed by atoms with Gasteiger partial charge in [-0.2, -0.15) is 8.78 Å². The Morgan fingerprint density at radius 2 is 1.58 bits per heavy atom. The van der Waals surface area contributed by atoms with E-state index in [0.717, 1.165) is 43.7 Å². The molecular formula is C19H24F4O. The summed E-state index contributed by atoms with van der Waals surface area (Å²) in [6.45, 7) is 0.508. The molecule has 1 aliphatic carbocycles. The lowest BCUT2D eigenvalue weighted by Crippen LogP contribution is -2.15. The average molecular weight is 344 g/mol. The van der Waals surface area contributed by atoms with Gasteiger partial charge in [0.05, 0.1) is 0 Å². The molecule has 1 aliphatic rings. The van der Waals surface area contributed by atoms with Crippen LogP contribution in [0, 0.1) is 23.5 Å². The summed E-state index contributed by atoms with van der Waals surface area (Å²) in [5.74, 6) is -1.82. The first-order chi connectivity index (χ1) is 11.5. The fourth-order valence-corrected chi connectivity index (χ4v) is 3.49. The van der Waals surface area contributed by atoms with Crippen LogP contribution >= 0.6 is 0 Å². The Hall–Kier alpha value is -1.52. The lowest BCUT2D eigenvalue weighted by atomic mass is 9.78. The third kappa shape index (κ3) is 5.53. The summed E-state index contributed by atoms with van der Waals surface area (Å²) in [6.07, 6.45) is 10.3. The Morgan fingerprint density at radius 3 is 2.08 bits per heavy atom. The van der Waals surface area contributed by atoms with E-state index in [1.165, 1.54) is 19.3 Å². The molecule has 24 heavy (non-hydrogen) atoms. The van der Waals surface area contributed by atoms with E-state index < -0.39 is 24.0 Å². The smallest absolute Gasteiger partial charge is 0.387 e. The van der Waals surface area contributed by atoms with Crippen LogP contribution in [-0.4, -0.2) is 6.61 Å². The molecule has 1 fully saturated rings. The summed E-state index contributed by atoms with van der Waals surface area (Å²) in [5.41, 5.74) is 0.486. The van der Waals surface area contributed by atoms with E-state index in [1.54, 1.807) is 0 Å². The lowest BCUT2D eigenvalue weighted by Gasteiger charge is -2.28. The summed E-state index contributed by atoms with van der Waals surface area (Å²) in [5, 5.41) is 0. The van der Waals surface area contributed by atoms with Crippen LogP contribution in [0.15, 0.2) is 24.8 Å². The van der Waals surface area contributed by atoms with Crippen molar-refractivity contribution in [3.8, 4) is 5.75 Å². The Balaban J connectivity index is 1.83. The van der Waals surface area contributed by atoms with Crippen molar-refractivity contribution in [1.82, 2.24) is 0 Å². The number of benzene rings is 1. The topological polar surface area (TPSA) is 9.23 Å². The van der Waals surface area contributed by atoms with Gasteiger partial charge in [-0.25, -0.2) is 8.78 Å². The van der Waals surface area contributed by atoms with Crippen molar-refractivity contribution >= 4 is 0 Å². The highest BCUT2D eigenvalue weighted by molar-refractivity contribution is 5.31. The van der Waals surface area contributed by atoms with Crippen molar-refractivity contribution in [3.63, 3.8) is 0 Å². The van der Waals surface area contributed by atoms with Gasteiger partial charge in [0.1, 0.15) is 0 Å². The number of alkyl halides is 2. The minimum absolute atomic E-state index is 0.486. The molecule has 1 aromatic rings. The van der Waals surface area contributed by atoms with Gasteiger partial charge >= 0.3 is 6.61 Å². The second-order valence-corrected chi connectivity index (χ2v) is 6.56. The van der Waals surface area contributed by atoms with Crippen molar-refractivity contribution in [1.29, 1.82) is 0 Å². The van der Waals surface area contributed by atoms with E-state index in [1.807, 2.05) is 6.08 Å². The number of hydrogen-bond acceptors (Lipinski definition) is 1. The van der Waals surface area contributed by atoms with Crippen molar-refractivity contribution in [2.24, 2.45) is 11.8 Å². The first-order valence-corrected chi connectivity index (χ1v) is 8.53. The van der Waals surface area contributed by atoms with E-state index in [4.69, 9.17) is 0 Å². The van der Waals surface area contributed by atoms with E-state index in [2.05, 4.69) is 11.3 Å². The minimum Gasteiger partial charge on any atom is -0.429 e. The van der Waals surface area contributed by atoms with Crippen molar-refractivity contribution in [2.75, 3.05) is 0 Å². The van der Waals surface area contributed by atoms with E-state index in [9.17, 15) is 17.6 Å². The first-order valence-electron chi connectivity index (χ1n) is 8.53. The van der Waals surface area contributed by atoms with Gasteiger partial charge in [0, 0.05) is 0 Å². The summed E-state index contributed by atoms with van der Waals surface area (Å²) >= 11 is 0. The molecule has 0 aromatic heterocycles. The van der Waals surface area contributed by atoms with Crippen LogP contribution in [0.4, 0.5) is 17.6 Å². The Kier molecular flexibility index (Phi) is 7.13. The maximum absolute atomic E-state index is 13.7. The van der Waals surface area contributed by atoms with Crippen LogP contribution in [-0.2, 0) is 6.42 Å². The molecule has 0 saturated heterocycles. The molecule has 0 amide bonds. The minimum atomic E-state index is -3.24. The van der Waals surface area contributed by atoms with Gasteiger partial charge in [-0.3, -0.25) is 0 Å². The predicted molar refractivity (Wildman–Crippen MR) is 86.2 cm³/mol. The number of ether oxygens (including phenoxy) is 1. The number of aryl methyl sites for hydroxylation is 1. The molecule has 1 nitrogen and oxygen atoms in total. The standard InChI is InChI=1S/C19H24F4O/c1-2-3-4-13-5-7-14(8-6-13)9-10-15-11-16(20)18(17(21)12-15)24-19(22)23/h2,11-14,19H,1,3-10H2/t13-,14-. The molecule has 0 N–H and O–H groups in total. The number of rotatable bonds is 8. The number of hydrogen-bond donors (Lipinski definition) is 0. The molecule has 0 heterocycles. The zero-order valence-corrected chi connectivity index (χ0v) is 13.7. The van der Waals surface area contributed by atoms with Gasteiger partial charge in [0.15, 0.2) is 17.4 Å². The monoisotopic (exact) mass is 344 g/mol. The van der Waals surface area contributed by atoms with Gasteiger partial charge in [-0.15, -0.1) is 6.58 Å². The van der Waals surface area contributed by atoms with E-state index in [0.29, 0.717) is 17.9 Å². The normalized spacial score (nSPS) is 21.0. The predicted octanol–water partition coefficient (Wildman–Crippen LogP) is 6.27. The highest BCUT2D eigenvalue weighted by Gasteiger charge is 2.21. The SMILES string of the molecule is C=CCC[C@H]1CC[C@H](CCc2cc(F)c(OC(F)F)c(F)c2)CC1. The van der Waals surface area contributed by atoms with Crippen molar-refractivity contribution < 1.29 is 22.3 Å². The third-order valence-corrected chi connectivity index (χ3v) is 4.85. The highest BCUT2D eigenvalue weighted by atomic mass is 19.3. The van der Waals surface area contributed by atoms with Gasteiger partial charge < -0.3 is 4.74 Å². The maximum atomic E-state index is 13.7. The van der Waals surface area contributed by atoms with Crippen LogP contribution in [0.2, 0.25) is 0 Å². The van der Waals surface area contributed by atoms with Crippen LogP contribution < -0.4 is 4.74 Å². The van der Waals surface area contributed by atoms with Crippen molar-refractivity contribution in [3.05, 3.63) is 42.0 Å². The van der Waals surface area contributed by atoms with E-state index in [-0.39, 0.29) is 0 Å². The van der Waals surface area contributed by atoms with Crippen molar-refractivity contribution in [2.45, 2.75) is 58.0 Å². The molecule has 1 saturated carbocycles. The number of allylic oxidation sites excluding steroid dienone is 1. The molecule has 0 bridgehead atoms. The summed E-state index contributed by atoms with van der Waals surface area (Å²) in [4.78, 5) is 0. The van der Waals surface area contributed by atoms with Crippen LogP contribution in [0.1, 0.15) is 50.5 Å². The zero-order valence-electron chi connectivity index (χ0n) is 13.7. The van der Waals surface area contributed by atoms with Gasteiger partial charge in [0.25, 0.3) is 0 Å². The van der Waals surface area contributed by atoms with Crippen LogP contribution in [0.25, 0.3) is 0 Å². The quantitative estimate of drug-likeness (QED) is 0.399. The molecule has 0 aliphatic heterocycles. The fraction of sp³-hybridized carbons (Fsp3) is 0.579. The summed E-state index contributed by atoms with van der Waals surface area (Å²) < 4.78 is 55.5. The zero-order chi connectivity index (χ0) is 17.5. The van der Waals surface area contributed by atoms with Gasteiger partial charge in [0.2, 0.25) is 0 Å². The molecule has 0 atom stereocenters. The maximum Gasteiger partial charge on any atom is 0.387 e. The molecule has 0 radical (unpaired) electrons. The second-order valence-electron chi connectivity index (χ2n) is 6.56. The molecular weight excluding hydrogens is 320 g/mol. The fourth-order valence-electron chi connectivity index (χ4n) is 3.49. The largest absolute Gasteiger partial charge is 0.429 e. The van der Waals surface area contributed by atoms with Crippen LogP contribution in [0.3, 0.4) is 0 Å². The molecule has 2 rings (SSSR count). The molecule has 0 unspecified atom stereocenters. The number of halogens is 4. The Morgan fingerprint density at radius 1 is 1.04 bits per heavy atom. The molecule has 5 heteroatoms.